The number of aliphatic hydroxyl groups excluding tert-OH is 1. The molecule has 0 aromatic carbocycles. The summed E-state index contributed by atoms with van der Waals surface area (Å²) >= 11 is 0. The first-order chi connectivity index (χ1) is 4.24. The Labute approximate surface area is 55.6 Å². The van der Waals surface area contributed by atoms with Crippen LogP contribution in [0.3, 0.4) is 0 Å². The van der Waals surface area contributed by atoms with Gasteiger partial charge in [0.15, 0.2) is 5.79 Å². The van der Waals surface area contributed by atoms with Crippen molar-refractivity contribution in [2.24, 2.45) is 0 Å². The van der Waals surface area contributed by atoms with E-state index in [4.69, 9.17) is 14.6 Å². The lowest BCUT2D eigenvalue weighted by Gasteiger charge is -2.26. The molecule has 56 valence electrons. The maximum atomic E-state index is 8.73. The van der Waals surface area contributed by atoms with E-state index >= 15 is 0 Å². The second-order valence-electron chi connectivity index (χ2n) is 1.83. The molecule has 1 N–H and O–H groups in total. The maximum Gasteiger partial charge on any atom is 0.190 e. The van der Waals surface area contributed by atoms with Gasteiger partial charge < -0.3 is 14.6 Å². The molecule has 0 rings (SSSR count). The number of hydrogen-bond donors (Lipinski definition) is 1. The molecule has 0 aromatic rings. The fraction of sp³-hybridized carbons (Fsp3) is 1.00. The third kappa shape index (κ3) is 1.93. The van der Waals surface area contributed by atoms with Crippen LogP contribution in [-0.2, 0) is 9.47 Å². The zero-order valence-corrected chi connectivity index (χ0v) is 6.18. The fourth-order valence-electron chi connectivity index (χ4n) is 0.613. The zero-order valence-electron chi connectivity index (χ0n) is 6.18. The van der Waals surface area contributed by atoms with Gasteiger partial charge >= 0.3 is 0 Å². The largest absolute Gasteiger partial charge is 0.391 e. The van der Waals surface area contributed by atoms with Gasteiger partial charge in [0.25, 0.3) is 0 Å². The molecular formula is C6H14O3. The van der Waals surface area contributed by atoms with Gasteiger partial charge in [0.05, 0.1) is 6.61 Å². The van der Waals surface area contributed by atoms with E-state index in [1.165, 1.54) is 14.2 Å². The molecule has 0 radical (unpaired) electrons. The van der Waals surface area contributed by atoms with Crippen LogP contribution >= 0.6 is 0 Å². The molecule has 0 aliphatic rings. The Hall–Kier alpha value is -0.120. The second kappa shape index (κ2) is 3.82. The SMILES string of the molecule is CCC(CO)(OC)OC. The van der Waals surface area contributed by atoms with E-state index in [2.05, 4.69) is 0 Å². The van der Waals surface area contributed by atoms with Crippen LogP contribution in [0.2, 0.25) is 0 Å². The highest BCUT2D eigenvalue weighted by Gasteiger charge is 2.25. The average Bonchev–Trinajstić information content (AvgIpc) is 1.95. The lowest BCUT2D eigenvalue weighted by molar-refractivity contribution is -0.228. The molecule has 0 heterocycles. The van der Waals surface area contributed by atoms with Crippen molar-refractivity contribution >= 4 is 0 Å². The summed E-state index contributed by atoms with van der Waals surface area (Å²) in [6.07, 6.45) is 0.649. The molecule has 0 atom stereocenters. The maximum absolute atomic E-state index is 8.73. The van der Waals surface area contributed by atoms with Crippen molar-refractivity contribution in [1.82, 2.24) is 0 Å². The lowest BCUT2D eigenvalue weighted by Crippen LogP contribution is -2.36. The van der Waals surface area contributed by atoms with Gasteiger partial charge in [-0.05, 0) is 0 Å². The Bertz CT molecular complexity index is 51.2. The van der Waals surface area contributed by atoms with Gasteiger partial charge in [0, 0.05) is 20.6 Å². The van der Waals surface area contributed by atoms with Crippen LogP contribution in [0.15, 0.2) is 0 Å². The molecule has 0 bridgehead atoms. The molecule has 0 fully saturated rings. The summed E-state index contributed by atoms with van der Waals surface area (Å²) in [5, 5.41) is 8.73. The molecule has 3 nitrogen and oxygen atoms in total. The van der Waals surface area contributed by atoms with Crippen molar-refractivity contribution < 1.29 is 14.6 Å². The number of ether oxygens (including phenoxy) is 2. The Morgan fingerprint density at radius 1 is 1.33 bits per heavy atom. The van der Waals surface area contributed by atoms with Crippen LogP contribution in [0, 0.1) is 0 Å². The molecule has 0 unspecified atom stereocenters. The summed E-state index contributed by atoms with van der Waals surface area (Å²) in [7, 11) is 3.03. The van der Waals surface area contributed by atoms with Gasteiger partial charge in [-0.3, -0.25) is 0 Å². The molecule has 0 aliphatic carbocycles. The van der Waals surface area contributed by atoms with Gasteiger partial charge in [0.2, 0.25) is 0 Å². The first-order valence-corrected chi connectivity index (χ1v) is 2.96. The Morgan fingerprint density at radius 3 is 1.78 bits per heavy atom. The van der Waals surface area contributed by atoms with Crippen LogP contribution < -0.4 is 0 Å². The van der Waals surface area contributed by atoms with Gasteiger partial charge in [0.1, 0.15) is 0 Å². The highest BCUT2D eigenvalue weighted by molar-refractivity contribution is 4.63. The quantitative estimate of drug-likeness (QED) is 0.565. The molecule has 0 amide bonds. The molecular weight excluding hydrogens is 120 g/mol. The van der Waals surface area contributed by atoms with Crippen molar-refractivity contribution in [3.05, 3.63) is 0 Å². The summed E-state index contributed by atoms with van der Waals surface area (Å²) in [5.74, 6) is -0.778. The Morgan fingerprint density at radius 2 is 1.78 bits per heavy atom. The molecule has 9 heavy (non-hydrogen) atoms. The van der Waals surface area contributed by atoms with E-state index in [9.17, 15) is 0 Å². The predicted octanol–water partition coefficient (Wildman–Crippen LogP) is 0.378. The van der Waals surface area contributed by atoms with Gasteiger partial charge in [-0.25, -0.2) is 0 Å². The second-order valence-corrected chi connectivity index (χ2v) is 1.83. The monoisotopic (exact) mass is 134 g/mol. The standard InChI is InChI=1S/C6H14O3/c1-4-6(5-7,8-2)9-3/h7H,4-5H2,1-3H3. The van der Waals surface area contributed by atoms with Crippen molar-refractivity contribution in [2.75, 3.05) is 20.8 Å². The Kier molecular flexibility index (Phi) is 3.77. The molecule has 0 saturated carbocycles. The minimum absolute atomic E-state index is 0.101. The number of rotatable bonds is 4. The van der Waals surface area contributed by atoms with Gasteiger partial charge in [-0.1, -0.05) is 6.92 Å². The average molecular weight is 134 g/mol. The normalized spacial score (nSPS) is 12.0. The van der Waals surface area contributed by atoms with Crippen LogP contribution in [0.1, 0.15) is 13.3 Å². The molecule has 3 heteroatoms. The van der Waals surface area contributed by atoms with Crippen molar-refractivity contribution in [3.8, 4) is 0 Å². The minimum Gasteiger partial charge on any atom is -0.391 e. The zero-order chi connectivity index (χ0) is 7.33. The lowest BCUT2D eigenvalue weighted by atomic mass is 10.2. The summed E-state index contributed by atoms with van der Waals surface area (Å²) < 4.78 is 9.83. The molecule has 0 saturated heterocycles. The summed E-state index contributed by atoms with van der Waals surface area (Å²) in [6.45, 7) is 1.79. The highest BCUT2D eigenvalue weighted by atomic mass is 16.7. The van der Waals surface area contributed by atoms with E-state index in [-0.39, 0.29) is 6.61 Å². The predicted molar refractivity (Wildman–Crippen MR) is 34.1 cm³/mol. The van der Waals surface area contributed by atoms with E-state index in [1.807, 2.05) is 6.92 Å². The third-order valence-corrected chi connectivity index (χ3v) is 1.52. The van der Waals surface area contributed by atoms with E-state index in [0.29, 0.717) is 6.42 Å². The topological polar surface area (TPSA) is 38.7 Å². The summed E-state index contributed by atoms with van der Waals surface area (Å²) in [6, 6.07) is 0. The number of aliphatic hydroxyl groups is 1. The number of methoxy groups -OCH3 is 2. The molecule has 0 aromatic heterocycles. The van der Waals surface area contributed by atoms with Gasteiger partial charge in [-0.15, -0.1) is 0 Å². The highest BCUT2D eigenvalue weighted by Crippen LogP contribution is 2.13. The van der Waals surface area contributed by atoms with E-state index in [0.717, 1.165) is 0 Å². The van der Waals surface area contributed by atoms with Crippen LogP contribution in [0.25, 0.3) is 0 Å². The Balaban J connectivity index is 3.82. The number of hydrogen-bond acceptors (Lipinski definition) is 3. The molecule has 0 aliphatic heterocycles. The third-order valence-electron chi connectivity index (χ3n) is 1.52. The van der Waals surface area contributed by atoms with E-state index < -0.39 is 5.79 Å². The smallest absolute Gasteiger partial charge is 0.190 e. The molecule has 0 spiro atoms. The van der Waals surface area contributed by atoms with Crippen LogP contribution in [0.5, 0.6) is 0 Å². The van der Waals surface area contributed by atoms with Crippen LogP contribution in [-0.4, -0.2) is 31.7 Å². The van der Waals surface area contributed by atoms with Crippen molar-refractivity contribution in [3.63, 3.8) is 0 Å². The van der Waals surface area contributed by atoms with E-state index in [1.54, 1.807) is 0 Å². The minimum atomic E-state index is -0.778. The van der Waals surface area contributed by atoms with Crippen LogP contribution in [0.4, 0.5) is 0 Å². The summed E-state index contributed by atoms with van der Waals surface area (Å²) in [4.78, 5) is 0. The first-order valence-electron chi connectivity index (χ1n) is 2.96. The first kappa shape index (κ1) is 8.88. The van der Waals surface area contributed by atoms with Crippen molar-refractivity contribution in [2.45, 2.75) is 19.1 Å². The van der Waals surface area contributed by atoms with Crippen molar-refractivity contribution in [1.29, 1.82) is 0 Å². The fourth-order valence-corrected chi connectivity index (χ4v) is 0.613. The summed E-state index contributed by atoms with van der Waals surface area (Å²) in [5.41, 5.74) is 0. The van der Waals surface area contributed by atoms with Gasteiger partial charge in [-0.2, -0.15) is 0 Å².